The van der Waals surface area contributed by atoms with Crippen molar-refractivity contribution >= 4 is 43.4 Å². The van der Waals surface area contributed by atoms with Crippen LogP contribution in [0.1, 0.15) is 17.3 Å². The van der Waals surface area contributed by atoms with Crippen molar-refractivity contribution in [2.24, 2.45) is 5.14 Å². The third kappa shape index (κ3) is 3.40. The van der Waals surface area contributed by atoms with E-state index in [0.29, 0.717) is 5.69 Å². The molecule has 154 valence electrons. The van der Waals surface area contributed by atoms with Crippen LogP contribution in [0.25, 0.3) is 21.8 Å². The number of primary sulfonamides is 1. The van der Waals surface area contributed by atoms with E-state index in [1.807, 2.05) is 36.4 Å². The Morgan fingerprint density at radius 1 is 1.03 bits per heavy atom. The first-order valence-corrected chi connectivity index (χ1v) is 10.9. The van der Waals surface area contributed by atoms with Gasteiger partial charge in [0.1, 0.15) is 5.75 Å². The van der Waals surface area contributed by atoms with E-state index < -0.39 is 15.9 Å². The highest BCUT2D eigenvalue weighted by molar-refractivity contribution is 7.89. The number of anilines is 1. The fraction of sp³-hybridized carbons (Fsp3) is 0.136. The van der Waals surface area contributed by atoms with Crippen LogP contribution in [0.3, 0.4) is 0 Å². The Balaban J connectivity index is 1.76. The molecule has 1 heterocycles. The summed E-state index contributed by atoms with van der Waals surface area (Å²) in [6.45, 7) is 2.92. The van der Waals surface area contributed by atoms with Crippen molar-refractivity contribution < 1.29 is 17.9 Å². The Morgan fingerprint density at radius 3 is 2.47 bits per heavy atom. The Morgan fingerprint density at radius 2 is 1.77 bits per heavy atom. The van der Waals surface area contributed by atoms with Gasteiger partial charge in [-0.05, 0) is 49.4 Å². The van der Waals surface area contributed by atoms with E-state index in [2.05, 4.69) is 22.9 Å². The fourth-order valence-corrected chi connectivity index (χ4v) is 4.25. The number of carbonyl (C=O) groups is 1. The number of rotatable bonds is 5. The third-order valence-corrected chi connectivity index (χ3v) is 6.00. The summed E-state index contributed by atoms with van der Waals surface area (Å²) in [5, 5.41) is 10.1. The lowest BCUT2D eigenvalue weighted by Gasteiger charge is -2.11. The van der Waals surface area contributed by atoms with Crippen molar-refractivity contribution in [1.29, 1.82) is 0 Å². The summed E-state index contributed by atoms with van der Waals surface area (Å²) in [5.41, 5.74) is 2.88. The number of hydrogen-bond donors (Lipinski definition) is 2. The molecule has 4 rings (SSSR count). The lowest BCUT2D eigenvalue weighted by Crippen LogP contribution is -2.16. The van der Waals surface area contributed by atoms with Gasteiger partial charge in [0.25, 0.3) is 5.91 Å². The fourth-order valence-electron chi connectivity index (χ4n) is 3.71. The molecule has 0 saturated heterocycles. The quantitative estimate of drug-likeness (QED) is 0.510. The number of ether oxygens (including phenoxy) is 1. The van der Waals surface area contributed by atoms with E-state index in [1.54, 1.807) is 0 Å². The molecule has 0 aliphatic carbocycles. The number of fused-ring (bicyclic) bond motifs is 3. The minimum atomic E-state index is -3.95. The topological polar surface area (TPSA) is 103 Å². The highest BCUT2D eigenvalue weighted by Crippen LogP contribution is 2.31. The monoisotopic (exact) mass is 423 g/mol. The average Bonchev–Trinajstić information content (AvgIpc) is 3.05. The summed E-state index contributed by atoms with van der Waals surface area (Å²) in [5.74, 6) is -0.237. The van der Waals surface area contributed by atoms with Gasteiger partial charge in [-0.1, -0.05) is 18.2 Å². The maximum absolute atomic E-state index is 12.9. The Hall–Kier alpha value is -3.36. The Kier molecular flexibility index (Phi) is 4.97. The van der Waals surface area contributed by atoms with Gasteiger partial charge in [0.05, 0.1) is 17.6 Å². The molecule has 0 saturated carbocycles. The number of methoxy groups -OCH3 is 1. The zero-order chi connectivity index (χ0) is 21.5. The molecule has 4 aromatic rings. The molecule has 0 aliphatic rings. The predicted octanol–water partition coefficient (Wildman–Crippen LogP) is 3.72. The second kappa shape index (κ2) is 7.47. The molecule has 1 amide bonds. The van der Waals surface area contributed by atoms with E-state index >= 15 is 0 Å². The van der Waals surface area contributed by atoms with Crippen LogP contribution in [0, 0.1) is 0 Å². The average molecular weight is 423 g/mol. The molecule has 0 bridgehead atoms. The standard InChI is InChI=1S/C22H21N3O4S/c1-3-25-19-7-5-4-6-16(19)17-12-14(8-10-20(17)25)24-22(26)18-13-15(30(23,27)28)9-11-21(18)29-2/h4-13H,3H2,1-2H3,(H,24,26)(H2,23,27,28). The van der Waals surface area contributed by atoms with Crippen LogP contribution in [-0.2, 0) is 16.6 Å². The van der Waals surface area contributed by atoms with Gasteiger partial charge in [0.2, 0.25) is 10.0 Å². The lowest BCUT2D eigenvalue weighted by molar-refractivity contribution is 0.102. The molecule has 0 spiro atoms. The number of aromatic nitrogens is 1. The Labute approximate surface area is 174 Å². The molecule has 30 heavy (non-hydrogen) atoms. The number of nitrogens with two attached hydrogens (primary N) is 1. The number of carbonyl (C=O) groups excluding carboxylic acids is 1. The number of aryl methyl sites for hydroxylation is 1. The van der Waals surface area contributed by atoms with Gasteiger partial charge in [-0.3, -0.25) is 4.79 Å². The van der Waals surface area contributed by atoms with Crippen LogP contribution >= 0.6 is 0 Å². The molecular formula is C22H21N3O4S. The van der Waals surface area contributed by atoms with Crippen LogP contribution < -0.4 is 15.2 Å². The van der Waals surface area contributed by atoms with Crippen LogP contribution in [0.15, 0.2) is 65.6 Å². The first kappa shape index (κ1) is 19.9. The van der Waals surface area contributed by atoms with Gasteiger partial charge in [-0.25, -0.2) is 13.6 Å². The number of benzene rings is 3. The van der Waals surface area contributed by atoms with Crippen molar-refractivity contribution in [3.05, 3.63) is 66.2 Å². The summed E-state index contributed by atoms with van der Waals surface area (Å²) in [7, 11) is -2.54. The SMILES string of the molecule is CCn1c2ccccc2c2cc(NC(=O)c3cc(S(N)(=O)=O)ccc3OC)ccc21. The second-order valence-corrected chi connectivity index (χ2v) is 8.42. The third-order valence-electron chi connectivity index (χ3n) is 5.09. The normalized spacial score (nSPS) is 11.7. The first-order chi connectivity index (χ1) is 14.3. The number of hydrogen-bond acceptors (Lipinski definition) is 4. The van der Waals surface area contributed by atoms with Crippen molar-refractivity contribution in [3.63, 3.8) is 0 Å². The molecule has 7 nitrogen and oxygen atoms in total. The van der Waals surface area contributed by atoms with Gasteiger partial charge in [0.15, 0.2) is 0 Å². The molecule has 8 heteroatoms. The zero-order valence-electron chi connectivity index (χ0n) is 16.5. The van der Waals surface area contributed by atoms with E-state index in [0.717, 1.165) is 28.4 Å². The summed E-state index contributed by atoms with van der Waals surface area (Å²) >= 11 is 0. The molecule has 3 aromatic carbocycles. The smallest absolute Gasteiger partial charge is 0.259 e. The largest absolute Gasteiger partial charge is 0.496 e. The van der Waals surface area contributed by atoms with Gasteiger partial charge in [-0.15, -0.1) is 0 Å². The molecule has 0 unspecified atom stereocenters. The molecule has 0 aliphatic heterocycles. The summed E-state index contributed by atoms with van der Waals surface area (Å²) in [4.78, 5) is 12.7. The van der Waals surface area contributed by atoms with Gasteiger partial charge >= 0.3 is 0 Å². The number of sulfonamides is 1. The predicted molar refractivity (Wildman–Crippen MR) is 117 cm³/mol. The highest BCUT2D eigenvalue weighted by atomic mass is 32.2. The first-order valence-electron chi connectivity index (χ1n) is 9.36. The number of nitrogens with one attached hydrogen (secondary N) is 1. The van der Waals surface area contributed by atoms with Crippen molar-refractivity contribution in [2.75, 3.05) is 12.4 Å². The van der Waals surface area contributed by atoms with Crippen LogP contribution in [-0.4, -0.2) is 26.0 Å². The van der Waals surface area contributed by atoms with E-state index in [9.17, 15) is 13.2 Å². The minimum Gasteiger partial charge on any atom is -0.496 e. The van der Waals surface area contributed by atoms with E-state index in [4.69, 9.17) is 9.88 Å². The number of nitrogens with zero attached hydrogens (tertiary/aromatic N) is 1. The maximum Gasteiger partial charge on any atom is 0.259 e. The van der Waals surface area contributed by atoms with Gasteiger partial charge < -0.3 is 14.6 Å². The zero-order valence-corrected chi connectivity index (χ0v) is 17.4. The van der Waals surface area contributed by atoms with Crippen molar-refractivity contribution in [2.45, 2.75) is 18.4 Å². The molecule has 1 aromatic heterocycles. The van der Waals surface area contributed by atoms with Gasteiger partial charge in [-0.2, -0.15) is 0 Å². The molecule has 3 N–H and O–H groups in total. The minimum absolute atomic E-state index is 0.0834. The van der Waals surface area contributed by atoms with Crippen LogP contribution in [0.4, 0.5) is 5.69 Å². The summed E-state index contributed by atoms with van der Waals surface area (Å²) < 4.78 is 30.8. The van der Waals surface area contributed by atoms with Crippen molar-refractivity contribution in [3.8, 4) is 5.75 Å². The number of amides is 1. The lowest BCUT2D eigenvalue weighted by atomic mass is 10.1. The Bertz CT molecular complexity index is 1390. The summed E-state index contributed by atoms with van der Waals surface area (Å²) in [6, 6.07) is 17.7. The molecule has 0 fully saturated rings. The van der Waals surface area contributed by atoms with Crippen LogP contribution in [0.2, 0.25) is 0 Å². The molecular weight excluding hydrogens is 402 g/mol. The maximum atomic E-state index is 12.9. The van der Waals surface area contributed by atoms with Gasteiger partial charge in [0, 0.05) is 34.0 Å². The summed E-state index contributed by atoms with van der Waals surface area (Å²) in [6.07, 6.45) is 0. The van der Waals surface area contributed by atoms with E-state index in [1.165, 1.54) is 25.3 Å². The highest BCUT2D eigenvalue weighted by Gasteiger charge is 2.18. The van der Waals surface area contributed by atoms with Crippen molar-refractivity contribution in [1.82, 2.24) is 4.57 Å². The van der Waals surface area contributed by atoms with E-state index in [-0.39, 0.29) is 16.2 Å². The number of para-hydroxylation sites is 1. The molecule has 0 atom stereocenters. The second-order valence-electron chi connectivity index (χ2n) is 6.85. The van der Waals surface area contributed by atoms with Crippen LogP contribution in [0.5, 0.6) is 5.75 Å². The molecule has 0 radical (unpaired) electrons.